The molecule has 130 valence electrons. The number of rotatable bonds is 1. The lowest BCUT2D eigenvalue weighted by molar-refractivity contribution is 0.352. The van der Waals surface area contributed by atoms with E-state index in [1.165, 1.54) is 11.1 Å². The summed E-state index contributed by atoms with van der Waals surface area (Å²) in [5, 5.41) is 0. The summed E-state index contributed by atoms with van der Waals surface area (Å²) in [6.45, 7) is 23.9. The van der Waals surface area contributed by atoms with Gasteiger partial charge in [-0.05, 0) is 57.1 Å². The highest BCUT2D eigenvalue weighted by atomic mass is 14.5. The van der Waals surface area contributed by atoms with Crippen molar-refractivity contribution in [3.8, 4) is 0 Å². The zero-order chi connectivity index (χ0) is 17.7. The Morgan fingerprint density at radius 2 is 0.913 bits per heavy atom. The molecule has 1 aliphatic rings. The molecule has 0 heteroatoms. The van der Waals surface area contributed by atoms with E-state index in [0.29, 0.717) is 5.92 Å². The van der Waals surface area contributed by atoms with Gasteiger partial charge in [0.05, 0.1) is 0 Å². The monoisotopic (exact) mass is 314 g/mol. The summed E-state index contributed by atoms with van der Waals surface area (Å²) in [4.78, 5) is 0. The molecule has 1 aromatic rings. The van der Waals surface area contributed by atoms with Gasteiger partial charge in [-0.2, -0.15) is 0 Å². The maximum Gasteiger partial charge on any atom is -0.0105 e. The van der Waals surface area contributed by atoms with Gasteiger partial charge in [0.1, 0.15) is 0 Å². The van der Waals surface area contributed by atoms with Crippen LogP contribution in [-0.2, 0) is 10.8 Å². The van der Waals surface area contributed by atoms with E-state index in [4.69, 9.17) is 0 Å². The number of hydrogen-bond acceptors (Lipinski definition) is 0. The second-order valence-corrected chi connectivity index (χ2v) is 10.3. The topological polar surface area (TPSA) is 0 Å². The molecule has 1 aliphatic carbocycles. The van der Waals surface area contributed by atoms with E-state index >= 15 is 0 Å². The standard InChI is InChI=1S/C23H38/c1-14-15(2)17(4)21(16(14)3)18-11-19(22(5,6)7)13-20(12-18)23(8,9)10/h11-17,21H,1-10H3. The van der Waals surface area contributed by atoms with Crippen LogP contribution >= 0.6 is 0 Å². The molecule has 0 aliphatic heterocycles. The number of benzene rings is 1. The summed E-state index contributed by atoms with van der Waals surface area (Å²) in [5.74, 6) is 3.85. The van der Waals surface area contributed by atoms with Crippen LogP contribution < -0.4 is 0 Å². The van der Waals surface area contributed by atoms with E-state index in [0.717, 1.165) is 23.7 Å². The maximum atomic E-state index is 2.51. The maximum absolute atomic E-state index is 2.51. The molecule has 1 fully saturated rings. The Morgan fingerprint density at radius 1 is 0.565 bits per heavy atom. The molecule has 1 aromatic carbocycles. The third-order valence-corrected chi connectivity index (χ3v) is 6.69. The van der Waals surface area contributed by atoms with Crippen molar-refractivity contribution in [3.63, 3.8) is 0 Å². The Balaban J connectivity index is 2.58. The van der Waals surface area contributed by atoms with Crippen LogP contribution in [-0.4, -0.2) is 0 Å². The van der Waals surface area contributed by atoms with Crippen molar-refractivity contribution in [1.82, 2.24) is 0 Å². The van der Waals surface area contributed by atoms with Gasteiger partial charge in [-0.1, -0.05) is 87.4 Å². The lowest BCUT2D eigenvalue weighted by Crippen LogP contribution is -2.19. The predicted octanol–water partition coefficient (Wildman–Crippen LogP) is 6.92. The highest BCUT2D eigenvalue weighted by Gasteiger charge is 2.42. The lowest BCUT2D eigenvalue weighted by atomic mass is 9.75. The third-order valence-electron chi connectivity index (χ3n) is 6.69. The molecule has 0 N–H and O–H groups in total. The summed E-state index contributed by atoms with van der Waals surface area (Å²) in [5.41, 5.74) is 4.98. The van der Waals surface area contributed by atoms with Gasteiger partial charge in [0.2, 0.25) is 0 Å². The minimum atomic E-state index is 0.207. The van der Waals surface area contributed by atoms with E-state index in [9.17, 15) is 0 Å². The second-order valence-electron chi connectivity index (χ2n) is 10.3. The van der Waals surface area contributed by atoms with E-state index < -0.39 is 0 Å². The van der Waals surface area contributed by atoms with Gasteiger partial charge in [-0.25, -0.2) is 0 Å². The molecule has 0 amide bonds. The van der Waals surface area contributed by atoms with E-state index in [-0.39, 0.29) is 10.8 Å². The quantitative estimate of drug-likeness (QED) is 0.527. The van der Waals surface area contributed by atoms with E-state index in [1.54, 1.807) is 5.56 Å². The van der Waals surface area contributed by atoms with Crippen molar-refractivity contribution >= 4 is 0 Å². The van der Waals surface area contributed by atoms with Crippen LogP contribution in [0.15, 0.2) is 18.2 Å². The van der Waals surface area contributed by atoms with Gasteiger partial charge >= 0.3 is 0 Å². The first kappa shape index (κ1) is 18.6. The van der Waals surface area contributed by atoms with Gasteiger partial charge in [0.15, 0.2) is 0 Å². The van der Waals surface area contributed by atoms with Crippen molar-refractivity contribution < 1.29 is 0 Å². The highest BCUT2D eigenvalue weighted by Crippen LogP contribution is 2.51. The Morgan fingerprint density at radius 3 is 1.22 bits per heavy atom. The molecule has 0 aromatic heterocycles. The fraction of sp³-hybridized carbons (Fsp3) is 0.739. The smallest absolute Gasteiger partial charge is 0.0105 e. The normalized spacial score (nSPS) is 32.3. The highest BCUT2D eigenvalue weighted by molar-refractivity contribution is 5.39. The molecule has 23 heavy (non-hydrogen) atoms. The van der Waals surface area contributed by atoms with Crippen LogP contribution in [0.25, 0.3) is 0 Å². The average Bonchev–Trinajstić information content (AvgIpc) is 2.60. The van der Waals surface area contributed by atoms with Crippen molar-refractivity contribution in [2.75, 3.05) is 0 Å². The predicted molar refractivity (Wildman–Crippen MR) is 103 cm³/mol. The summed E-state index contributed by atoms with van der Waals surface area (Å²) in [7, 11) is 0. The third kappa shape index (κ3) is 3.52. The summed E-state index contributed by atoms with van der Waals surface area (Å²) in [6, 6.07) is 7.47. The molecule has 4 atom stereocenters. The first-order chi connectivity index (χ1) is 10.3. The SMILES string of the molecule is CC1C(C)C(C)C(c2cc(C(C)(C)C)cc(C(C)(C)C)c2)C1C. The molecule has 0 bridgehead atoms. The molecule has 0 radical (unpaired) electrons. The van der Waals surface area contributed by atoms with Gasteiger partial charge in [-0.15, -0.1) is 0 Å². The van der Waals surface area contributed by atoms with Gasteiger partial charge in [-0.3, -0.25) is 0 Å². The molecular weight excluding hydrogens is 276 g/mol. The minimum absolute atomic E-state index is 0.207. The van der Waals surface area contributed by atoms with Crippen molar-refractivity contribution in [3.05, 3.63) is 34.9 Å². The summed E-state index contributed by atoms with van der Waals surface area (Å²) in [6.07, 6.45) is 0. The van der Waals surface area contributed by atoms with Crippen LogP contribution in [0.5, 0.6) is 0 Å². The Bertz CT molecular complexity index is 506. The van der Waals surface area contributed by atoms with Gasteiger partial charge < -0.3 is 0 Å². The molecule has 2 rings (SSSR count). The first-order valence-electron chi connectivity index (χ1n) is 9.50. The molecule has 4 unspecified atom stereocenters. The molecule has 1 saturated carbocycles. The van der Waals surface area contributed by atoms with Crippen LogP contribution in [0.1, 0.15) is 91.8 Å². The Labute approximate surface area is 145 Å². The van der Waals surface area contributed by atoms with Crippen molar-refractivity contribution in [1.29, 1.82) is 0 Å². The van der Waals surface area contributed by atoms with Gasteiger partial charge in [0, 0.05) is 0 Å². The van der Waals surface area contributed by atoms with Crippen molar-refractivity contribution in [2.24, 2.45) is 23.7 Å². The zero-order valence-electron chi connectivity index (χ0n) is 17.1. The molecular formula is C23H38. The van der Waals surface area contributed by atoms with E-state index in [2.05, 4.69) is 87.4 Å². The minimum Gasteiger partial charge on any atom is -0.0620 e. The summed E-state index contributed by atoms with van der Waals surface area (Å²) < 4.78 is 0. The lowest BCUT2D eigenvalue weighted by Gasteiger charge is -2.30. The van der Waals surface area contributed by atoms with Crippen LogP contribution in [0.3, 0.4) is 0 Å². The summed E-state index contributed by atoms with van der Waals surface area (Å²) >= 11 is 0. The van der Waals surface area contributed by atoms with Crippen LogP contribution in [0.4, 0.5) is 0 Å². The molecule has 0 spiro atoms. The van der Waals surface area contributed by atoms with Crippen molar-refractivity contribution in [2.45, 2.75) is 86.0 Å². The molecule has 0 saturated heterocycles. The fourth-order valence-corrected chi connectivity index (χ4v) is 4.41. The first-order valence-corrected chi connectivity index (χ1v) is 9.50. The average molecular weight is 315 g/mol. The zero-order valence-corrected chi connectivity index (χ0v) is 17.1. The molecule has 0 heterocycles. The van der Waals surface area contributed by atoms with Crippen LogP contribution in [0.2, 0.25) is 0 Å². The molecule has 0 nitrogen and oxygen atoms in total. The Hall–Kier alpha value is -0.780. The van der Waals surface area contributed by atoms with Gasteiger partial charge in [0.25, 0.3) is 0 Å². The fourth-order valence-electron chi connectivity index (χ4n) is 4.41. The van der Waals surface area contributed by atoms with Crippen LogP contribution in [0, 0.1) is 23.7 Å². The second kappa shape index (κ2) is 5.94. The Kier molecular flexibility index (Phi) is 4.79. The largest absolute Gasteiger partial charge is 0.0620 e. The van der Waals surface area contributed by atoms with E-state index in [1.807, 2.05) is 0 Å². The number of hydrogen-bond donors (Lipinski definition) is 0.